The monoisotopic (exact) mass is 757 g/mol. The van der Waals surface area contributed by atoms with Crippen molar-refractivity contribution < 1.29 is 4.79 Å². The van der Waals surface area contributed by atoms with Crippen LogP contribution in [0.5, 0.6) is 0 Å². The van der Waals surface area contributed by atoms with Crippen molar-refractivity contribution >= 4 is 23.0 Å². The summed E-state index contributed by atoms with van der Waals surface area (Å²) in [4.78, 5) is 22.8. The number of pyridine rings is 1. The molecule has 0 N–H and O–H groups in total. The summed E-state index contributed by atoms with van der Waals surface area (Å²) in [5.41, 5.74) is 12.7. The SMILES string of the molecule is CCc1nc2c(C)cc(C=C3CCCC3=O)nc2n1C1CCc2cc(-c3ccccc3-c3nnnn3C(c3ccccc3)(c3ccccc3)c3ccccc3)ccc21. The van der Waals surface area contributed by atoms with Crippen LogP contribution >= 0.6 is 0 Å². The zero-order valence-electron chi connectivity index (χ0n) is 32.7. The second-order valence-electron chi connectivity index (χ2n) is 15.5. The molecule has 2 aliphatic carbocycles. The third-order valence-electron chi connectivity index (χ3n) is 12.1. The lowest BCUT2D eigenvalue weighted by Gasteiger charge is -2.36. The highest BCUT2D eigenvalue weighted by atomic mass is 16.1. The number of carbonyl (C=O) groups is 1. The number of benzene rings is 5. The second-order valence-corrected chi connectivity index (χ2v) is 15.5. The van der Waals surface area contributed by atoms with Gasteiger partial charge in [-0.25, -0.2) is 14.6 Å². The van der Waals surface area contributed by atoms with E-state index in [-0.39, 0.29) is 11.8 Å². The molecule has 58 heavy (non-hydrogen) atoms. The van der Waals surface area contributed by atoms with Crippen molar-refractivity contribution in [3.63, 3.8) is 0 Å². The van der Waals surface area contributed by atoms with Crippen LogP contribution in [-0.4, -0.2) is 40.5 Å². The number of ketones is 1. The van der Waals surface area contributed by atoms with Crippen LogP contribution in [0, 0.1) is 6.92 Å². The summed E-state index contributed by atoms with van der Waals surface area (Å²) in [6.45, 7) is 4.27. The summed E-state index contributed by atoms with van der Waals surface area (Å²) in [6.07, 6.45) is 7.05. The number of fused-ring (bicyclic) bond motifs is 2. The van der Waals surface area contributed by atoms with Crippen LogP contribution in [-0.2, 0) is 23.2 Å². The smallest absolute Gasteiger partial charge is 0.184 e. The van der Waals surface area contributed by atoms with Crippen LogP contribution in [0.1, 0.15) is 83.5 Å². The van der Waals surface area contributed by atoms with E-state index >= 15 is 0 Å². The van der Waals surface area contributed by atoms with Gasteiger partial charge in [-0.05, 0) is 105 Å². The molecule has 2 aliphatic rings. The number of aryl methyl sites for hydroxylation is 3. The fourth-order valence-electron chi connectivity index (χ4n) is 9.45. The third-order valence-corrected chi connectivity index (χ3v) is 12.1. The molecule has 284 valence electrons. The number of carbonyl (C=O) groups excluding carboxylic acids is 1. The fraction of sp³-hybridized carbons (Fsp3) is 0.200. The Morgan fingerprint density at radius 2 is 1.40 bits per heavy atom. The summed E-state index contributed by atoms with van der Waals surface area (Å²) in [7, 11) is 0. The number of imidazole rings is 1. The van der Waals surface area contributed by atoms with Crippen molar-refractivity contribution in [1.29, 1.82) is 0 Å². The van der Waals surface area contributed by atoms with Gasteiger partial charge in [0.1, 0.15) is 16.9 Å². The lowest BCUT2D eigenvalue weighted by molar-refractivity contribution is -0.114. The van der Waals surface area contributed by atoms with E-state index in [1.807, 2.05) is 29.0 Å². The number of tetrazole rings is 1. The Labute approximate surface area is 338 Å². The van der Waals surface area contributed by atoms with E-state index in [1.54, 1.807) is 0 Å². The first kappa shape index (κ1) is 35.6. The van der Waals surface area contributed by atoms with E-state index in [4.69, 9.17) is 20.3 Å². The molecule has 0 spiro atoms. The number of aromatic nitrogens is 7. The minimum Gasteiger partial charge on any atom is -0.305 e. The summed E-state index contributed by atoms with van der Waals surface area (Å²) < 4.78 is 4.37. The number of Topliss-reactive ketones (excluding diaryl/α,β-unsaturated/α-hetero) is 1. The summed E-state index contributed by atoms with van der Waals surface area (Å²) >= 11 is 0. The Hall–Kier alpha value is -6.80. The van der Waals surface area contributed by atoms with Gasteiger partial charge in [-0.2, -0.15) is 0 Å². The largest absolute Gasteiger partial charge is 0.305 e. The molecule has 10 rings (SSSR count). The van der Waals surface area contributed by atoms with E-state index in [9.17, 15) is 4.79 Å². The number of hydrogen-bond donors (Lipinski definition) is 0. The molecule has 1 unspecified atom stereocenters. The van der Waals surface area contributed by atoms with Crippen LogP contribution in [0.25, 0.3) is 39.8 Å². The Bertz CT molecular complexity index is 2740. The quantitative estimate of drug-likeness (QED) is 0.108. The molecule has 8 aromatic rings. The van der Waals surface area contributed by atoms with Crippen LogP contribution in [0.3, 0.4) is 0 Å². The minimum atomic E-state index is -0.860. The molecular weight excluding hydrogens is 715 g/mol. The van der Waals surface area contributed by atoms with Crippen LogP contribution in [0.15, 0.2) is 145 Å². The first-order chi connectivity index (χ1) is 28.5. The maximum atomic E-state index is 12.5. The van der Waals surface area contributed by atoms with E-state index in [0.717, 1.165) is 99.3 Å². The Kier molecular flexibility index (Phi) is 8.97. The van der Waals surface area contributed by atoms with E-state index in [1.165, 1.54) is 11.1 Å². The highest BCUT2D eigenvalue weighted by molar-refractivity contribution is 6.01. The molecule has 0 bridgehead atoms. The van der Waals surface area contributed by atoms with Gasteiger partial charge in [0, 0.05) is 18.4 Å². The number of nitrogens with zero attached hydrogens (tertiary/aromatic N) is 7. The molecule has 1 fully saturated rings. The van der Waals surface area contributed by atoms with Crippen molar-refractivity contribution in [2.75, 3.05) is 0 Å². The highest BCUT2D eigenvalue weighted by Crippen LogP contribution is 2.45. The lowest BCUT2D eigenvalue weighted by Crippen LogP contribution is -2.39. The number of hydrogen-bond acceptors (Lipinski definition) is 6. The summed E-state index contributed by atoms with van der Waals surface area (Å²) in [5.74, 6) is 1.95. The fourth-order valence-corrected chi connectivity index (χ4v) is 9.45. The Morgan fingerprint density at radius 3 is 2.03 bits per heavy atom. The van der Waals surface area contributed by atoms with Crippen molar-refractivity contribution in [2.45, 2.75) is 64.0 Å². The van der Waals surface area contributed by atoms with E-state index < -0.39 is 5.54 Å². The van der Waals surface area contributed by atoms with Gasteiger partial charge in [-0.3, -0.25) is 4.79 Å². The van der Waals surface area contributed by atoms with Crippen LogP contribution in [0.2, 0.25) is 0 Å². The highest BCUT2D eigenvalue weighted by Gasteiger charge is 2.42. The molecule has 0 saturated heterocycles. The maximum absolute atomic E-state index is 12.5. The normalized spacial score (nSPS) is 16.1. The first-order valence-electron chi connectivity index (χ1n) is 20.3. The second kappa shape index (κ2) is 14.6. The van der Waals surface area contributed by atoms with Gasteiger partial charge >= 0.3 is 0 Å². The van der Waals surface area contributed by atoms with Crippen molar-refractivity contribution in [3.8, 4) is 22.5 Å². The molecule has 0 aliphatic heterocycles. The summed E-state index contributed by atoms with van der Waals surface area (Å²) in [6, 6.07) is 49.1. The number of allylic oxidation sites excluding steroid dienone is 1. The molecule has 8 nitrogen and oxygen atoms in total. The molecule has 0 amide bonds. The average Bonchev–Trinajstić information content (AvgIpc) is 4.09. The topological polar surface area (TPSA) is 91.4 Å². The van der Waals surface area contributed by atoms with Gasteiger partial charge in [-0.15, -0.1) is 5.10 Å². The lowest BCUT2D eigenvalue weighted by atomic mass is 9.77. The Balaban J connectivity index is 1.09. The van der Waals surface area contributed by atoms with Gasteiger partial charge < -0.3 is 4.57 Å². The van der Waals surface area contributed by atoms with Crippen LogP contribution in [0.4, 0.5) is 0 Å². The average molecular weight is 758 g/mol. The third kappa shape index (κ3) is 5.82. The minimum absolute atomic E-state index is 0.109. The van der Waals surface area contributed by atoms with Crippen molar-refractivity contribution in [1.82, 2.24) is 34.7 Å². The Morgan fingerprint density at radius 1 is 0.741 bits per heavy atom. The number of rotatable bonds is 9. The molecule has 3 heterocycles. The van der Waals surface area contributed by atoms with Crippen molar-refractivity contribution in [2.24, 2.45) is 0 Å². The predicted molar refractivity (Wildman–Crippen MR) is 228 cm³/mol. The standard InChI is InChI=1S/C50H43N7O/c1-3-46-52-47-33(2)30-40(32-36-16-15-25-45(36)58)51-49(47)56(46)44-29-27-35-31-34(26-28-42(35)44)41-23-13-14-24-43(41)48-53-54-55-57(48)50(37-17-7-4-8-18-37,38-19-9-5-10-20-38)39-21-11-6-12-22-39/h4-14,17-24,26,28,30-32,44H,3,15-16,25,27,29H2,1-2H3. The zero-order chi connectivity index (χ0) is 39.2. The molecule has 0 radical (unpaired) electrons. The molecule has 1 saturated carbocycles. The van der Waals surface area contributed by atoms with Crippen molar-refractivity contribution in [3.05, 3.63) is 190 Å². The van der Waals surface area contributed by atoms with Gasteiger partial charge in [-0.1, -0.05) is 140 Å². The molecule has 1 atom stereocenters. The van der Waals surface area contributed by atoms with E-state index in [2.05, 4.69) is 145 Å². The summed E-state index contributed by atoms with van der Waals surface area (Å²) in [5, 5.41) is 14.0. The zero-order valence-corrected chi connectivity index (χ0v) is 32.7. The molecule has 8 heteroatoms. The molecular formula is C50H43N7O. The van der Waals surface area contributed by atoms with Gasteiger partial charge in [0.25, 0.3) is 0 Å². The first-order valence-corrected chi connectivity index (χ1v) is 20.3. The molecule has 5 aromatic carbocycles. The van der Waals surface area contributed by atoms with Gasteiger partial charge in [0.05, 0.1) is 11.7 Å². The van der Waals surface area contributed by atoms with E-state index in [0.29, 0.717) is 12.2 Å². The van der Waals surface area contributed by atoms with Crippen LogP contribution < -0.4 is 0 Å². The van der Waals surface area contributed by atoms with Gasteiger partial charge in [0.15, 0.2) is 17.3 Å². The molecule has 3 aromatic heterocycles. The predicted octanol–water partition coefficient (Wildman–Crippen LogP) is 10.1. The maximum Gasteiger partial charge on any atom is 0.184 e. The van der Waals surface area contributed by atoms with Gasteiger partial charge in [0.2, 0.25) is 0 Å².